The van der Waals surface area contributed by atoms with Gasteiger partial charge in [-0.3, -0.25) is 0 Å². The zero-order chi connectivity index (χ0) is 13.3. The Morgan fingerprint density at radius 3 is 2.28 bits per heavy atom. The quantitative estimate of drug-likeness (QED) is 0.846. The van der Waals surface area contributed by atoms with Crippen molar-refractivity contribution in [1.29, 1.82) is 0 Å². The summed E-state index contributed by atoms with van der Waals surface area (Å²) in [7, 11) is 0. The van der Waals surface area contributed by atoms with E-state index in [1.807, 2.05) is 0 Å². The molecule has 0 saturated carbocycles. The lowest BCUT2D eigenvalue weighted by molar-refractivity contribution is 0.0697. The Balaban J connectivity index is 2.58. The number of hydrogen-bond acceptors (Lipinski definition) is 1. The van der Waals surface area contributed by atoms with E-state index < -0.39 is 5.97 Å². The molecule has 2 nitrogen and oxygen atoms in total. The minimum atomic E-state index is -1.03. The minimum Gasteiger partial charge on any atom is -0.478 e. The second-order valence-corrected chi connectivity index (χ2v) is 4.79. The SMILES string of the molecule is O=C(O)c1ccc(-c2cccc(Cl)c2Cl)c(Cl)c1. The van der Waals surface area contributed by atoms with E-state index in [1.54, 1.807) is 24.3 Å². The fraction of sp³-hybridized carbons (Fsp3) is 0. The van der Waals surface area contributed by atoms with Crippen molar-refractivity contribution in [3.8, 4) is 11.1 Å². The van der Waals surface area contributed by atoms with Gasteiger partial charge in [0.15, 0.2) is 0 Å². The molecule has 0 bridgehead atoms. The molecule has 0 saturated heterocycles. The van der Waals surface area contributed by atoms with Gasteiger partial charge in [0.25, 0.3) is 0 Å². The summed E-state index contributed by atoms with van der Waals surface area (Å²) in [5.41, 5.74) is 1.45. The van der Waals surface area contributed by atoms with Crippen LogP contribution in [0.4, 0.5) is 0 Å². The minimum absolute atomic E-state index is 0.127. The second-order valence-electron chi connectivity index (χ2n) is 3.60. The maximum Gasteiger partial charge on any atom is 0.335 e. The average molecular weight is 302 g/mol. The maximum atomic E-state index is 10.8. The summed E-state index contributed by atoms with van der Waals surface area (Å²) in [6.45, 7) is 0. The number of hydrogen-bond donors (Lipinski definition) is 1. The molecule has 0 atom stereocenters. The van der Waals surface area contributed by atoms with Crippen molar-refractivity contribution in [2.45, 2.75) is 0 Å². The Kier molecular flexibility index (Phi) is 3.81. The molecule has 0 aliphatic carbocycles. The van der Waals surface area contributed by atoms with Crippen LogP contribution in [-0.2, 0) is 0 Å². The highest BCUT2D eigenvalue weighted by Crippen LogP contribution is 2.37. The first kappa shape index (κ1) is 13.2. The molecule has 18 heavy (non-hydrogen) atoms. The van der Waals surface area contributed by atoms with Gasteiger partial charge in [0, 0.05) is 16.1 Å². The van der Waals surface area contributed by atoms with Crippen molar-refractivity contribution in [2.24, 2.45) is 0 Å². The van der Waals surface area contributed by atoms with E-state index >= 15 is 0 Å². The van der Waals surface area contributed by atoms with Crippen molar-refractivity contribution in [1.82, 2.24) is 0 Å². The number of halogens is 3. The number of carbonyl (C=O) groups is 1. The van der Waals surface area contributed by atoms with Gasteiger partial charge < -0.3 is 5.11 Å². The molecule has 0 heterocycles. The van der Waals surface area contributed by atoms with Crippen molar-refractivity contribution in [2.75, 3.05) is 0 Å². The van der Waals surface area contributed by atoms with E-state index in [-0.39, 0.29) is 5.56 Å². The van der Waals surface area contributed by atoms with Crippen molar-refractivity contribution >= 4 is 40.8 Å². The van der Waals surface area contributed by atoms with E-state index in [0.29, 0.717) is 26.2 Å². The van der Waals surface area contributed by atoms with Gasteiger partial charge in [0.1, 0.15) is 0 Å². The van der Waals surface area contributed by atoms with Crippen LogP contribution < -0.4 is 0 Å². The largest absolute Gasteiger partial charge is 0.478 e. The van der Waals surface area contributed by atoms with Gasteiger partial charge in [-0.05, 0) is 18.2 Å². The highest BCUT2D eigenvalue weighted by Gasteiger charge is 2.12. The zero-order valence-corrected chi connectivity index (χ0v) is 11.2. The number of carboxylic acids is 1. The molecular weight excluding hydrogens is 294 g/mol. The highest BCUT2D eigenvalue weighted by atomic mass is 35.5. The normalized spacial score (nSPS) is 10.4. The standard InChI is InChI=1S/C13H7Cl3O2/c14-10-3-1-2-9(12(10)16)8-5-4-7(13(17)18)6-11(8)15/h1-6H,(H,17,18). The number of benzene rings is 2. The van der Waals surface area contributed by atoms with Crippen LogP contribution in [0.25, 0.3) is 11.1 Å². The topological polar surface area (TPSA) is 37.3 Å². The van der Waals surface area contributed by atoms with Gasteiger partial charge in [-0.15, -0.1) is 0 Å². The van der Waals surface area contributed by atoms with Crippen LogP contribution in [0.3, 0.4) is 0 Å². The van der Waals surface area contributed by atoms with Crippen molar-refractivity contribution < 1.29 is 9.90 Å². The summed E-state index contributed by atoms with van der Waals surface area (Å²) < 4.78 is 0. The number of carboxylic acid groups (broad SMARTS) is 1. The van der Waals surface area contributed by atoms with E-state index in [9.17, 15) is 4.79 Å². The molecule has 0 aliphatic heterocycles. The molecule has 2 aromatic carbocycles. The molecule has 0 aromatic heterocycles. The molecule has 0 fully saturated rings. The van der Waals surface area contributed by atoms with Crippen LogP contribution in [0.5, 0.6) is 0 Å². The van der Waals surface area contributed by atoms with Gasteiger partial charge >= 0.3 is 5.97 Å². The lowest BCUT2D eigenvalue weighted by Crippen LogP contribution is -1.96. The molecule has 0 aliphatic rings. The third kappa shape index (κ3) is 2.46. The van der Waals surface area contributed by atoms with Gasteiger partial charge in [0.05, 0.1) is 15.6 Å². The maximum absolute atomic E-state index is 10.8. The lowest BCUT2D eigenvalue weighted by atomic mass is 10.0. The first-order valence-corrected chi connectivity index (χ1v) is 6.11. The Morgan fingerprint density at radius 1 is 0.944 bits per heavy atom. The summed E-state index contributed by atoms with van der Waals surface area (Å²) in [6, 6.07) is 9.67. The van der Waals surface area contributed by atoms with Crippen LogP contribution in [0.15, 0.2) is 36.4 Å². The molecule has 0 amide bonds. The number of rotatable bonds is 2. The predicted molar refractivity (Wildman–Crippen MR) is 73.9 cm³/mol. The Hall–Kier alpha value is -1.22. The fourth-order valence-corrected chi connectivity index (χ4v) is 2.26. The second kappa shape index (κ2) is 5.19. The van der Waals surface area contributed by atoms with Gasteiger partial charge in [-0.1, -0.05) is 53.0 Å². The Morgan fingerprint density at radius 2 is 1.67 bits per heavy atom. The summed E-state index contributed by atoms with van der Waals surface area (Å²) in [6.07, 6.45) is 0. The third-order valence-corrected chi connectivity index (χ3v) is 3.59. The Bertz CT molecular complexity index is 624. The van der Waals surface area contributed by atoms with Gasteiger partial charge in [0.2, 0.25) is 0 Å². The summed E-state index contributed by atoms with van der Waals surface area (Å²) in [4.78, 5) is 10.8. The molecule has 2 rings (SSSR count). The van der Waals surface area contributed by atoms with E-state index in [2.05, 4.69) is 0 Å². The van der Waals surface area contributed by atoms with Crippen molar-refractivity contribution in [3.05, 3.63) is 57.0 Å². The monoisotopic (exact) mass is 300 g/mol. The molecule has 5 heteroatoms. The summed E-state index contributed by atoms with van der Waals surface area (Å²) in [5.74, 6) is -1.03. The molecule has 0 unspecified atom stereocenters. The zero-order valence-electron chi connectivity index (χ0n) is 8.95. The van der Waals surface area contributed by atoms with Gasteiger partial charge in [-0.2, -0.15) is 0 Å². The van der Waals surface area contributed by atoms with E-state index in [0.717, 1.165) is 0 Å². The number of aromatic carboxylic acids is 1. The smallest absolute Gasteiger partial charge is 0.335 e. The van der Waals surface area contributed by atoms with Crippen LogP contribution in [0, 0.1) is 0 Å². The average Bonchev–Trinajstić information content (AvgIpc) is 2.33. The third-order valence-electron chi connectivity index (χ3n) is 2.46. The fourth-order valence-electron chi connectivity index (χ4n) is 1.58. The molecule has 2 aromatic rings. The van der Waals surface area contributed by atoms with Gasteiger partial charge in [-0.25, -0.2) is 4.79 Å². The molecular formula is C13H7Cl3O2. The molecule has 0 spiro atoms. The predicted octanol–water partition coefficient (Wildman–Crippen LogP) is 5.01. The van der Waals surface area contributed by atoms with Crippen LogP contribution in [0.1, 0.15) is 10.4 Å². The van der Waals surface area contributed by atoms with Crippen LogP contribution in [0.2, 0.25) is 15.1 Å². The first-order chi connectivity index (χ1) is 8.50. The van der Waals surface area contributed by atoms with Crippen LogP contribution in [-0.4, -0.2) is 11.1 Å². The van der Waals surface area contributed by atoms with Crippen molar-refractivity contribution in [3.63, 3.8) is 0 Å². The highest BCUT2D eigenvalue weighted by molar-refractivity contribution is 6.44. The van der Waals surface area contributed by atoms with Crippen LogP contribution >= 0.6 is 34.8 Å². The molecule has 1 N–H and O–H groups in total. The Labute approximate surface area is 119 Å². The molecule has 92 valence electrons. The summed E-state index contributed by atoms with van der Waals surface area (Å²) in [5, 5.41) is 10.00. The van der Waals surface area contributed by atoms with E-state index in [4.69, 9.17) is 39.9 Å². The summed E-state index contributed by atoms with van der Waals surface area (Å²) >= 11 is 18.1. The lowest BCUT2D eigenvalue weighted by Gasteiger charge is -2.08. The molecule has 0 radical (unpaired) electrons. The first-order valence-electron chi connectivity index (χ1n) is 4.98. The van der Waals surface area contributed by atoms with E-state index in [1.165, 1.54) is 12.1 Å².